The molecule has 4 heteroatoms. The Morgan fingerprint density at radius 3 is 3.18 bits per heavy atom. The Morgan fingerprint density at radius 1 is 1.73 bits per heavy atom. The molecule has 1 aromatic rings. The molecule has 0 saturated heterocycles. The van der Waals surface area contributed by atoms with Gasteiger partial charge < -0.3 is 5.11 Å². The molecule has 11 heavy (non-hydrogen) atoms. The molecule has 0 radical (unpaired) electrons. The molecule has 1 unspecified atom stereocenters. The highest BCUT2D eigenvalue weighted by molar-refractivity contribution is 7.03. The van der Waals surface area contributed by atoms with Gasteiger partial charge in [0.1, 0.15) is 0 Å². The molecular weight excluding hydrogens is 162 g/mol. The third-order valence-corrected chi connectivity index (χ3v) is 2.70. The van der Waals surface area contributed by atoms with Gasteiger partial charge in [-0.2, -0.15) is 4.37 Å². The number of rotatable bonds is 1. The van der Waals surface area contributed by atoms with Crippen molar-refractivity contribution in [1.82, 2.24) is 4.37 Å². The minimum Gasteiger partial charge on any atom is -0.481 e. The van der Waals surface area contributed by atoms with Gasteiger partial charge in [0.2, 0.25) is 0 Å². The predicted molar refractivity (Wildman–Crippen MR) is 40.6 cm³/mol. The lowest BCUT2D eigenvalue weighted by Gasteiger charge is -1.98. The first-order valence-electron chi connectivity index (χ1n) is 3.42. The second-order valence-corrected chi connectivity index (χ2v) is 3.36. The van der Waals surface area contributed by atoms with Gasteiger partial charge in [-0.15, -0.1) is 0 Å². The minimum absolute atomic E-state index is 0.221. The lowest BCUT2D eigenvalue weighted by Crippen LogP contribution is -2.13. The first kappa shape index (κ1) is 6.79. The molecule has 0 spiro atoms. The lowest BCUT2D eigenvalue weighted by molar-refractivity contribution is -0.141. The Balaban J connectivity index is 2.22. The van der Waals surface area contributed by atoms with Crippen LogP contribution in [-0.4, -0.2) is 15.4 Å². The maximum Gasteiger partial charge on any atom is 0.307 e. The van der Waals surface area contributed by atoms with Gasteiger partial charge in [-0.05, 0) is 23.5 Å². The Morgan fingerprint density at radius 2 is 2.55 bits per heavy atom. The van der Waals surface area contributed by atoms with Crippen LogP contribution in [0, 0.1) is 5.92 Å². The standard InChI is InChI=1S/C7H7NO2S/c9-7(10)4-1-5-3-11-8-6(5)2-4/h3-4H,1-2H2,(H,9,10). The van der Waals surface area contributed by atoms with E-state index in [1.165, 1.54) is 11.5 Å². The number of carboxylic acid groups (broad SMARTS) is 1. The van der Waals surface area contributed by atoms with Gasteiger partial charge in [0.15, 0.2) is 0 Å². The van der Waals surface area contributed by atoms with Crippen molar-refractivity contribution in [2.24, 2.45) is 5.92 Å². The molecule has 1 aliphatic rings. The van der Waals surface area contributed by atoms with Crippen molar-refractivity contribution >= 4 is 17.5 Å². The Hall–Kier alpha value is -0.900. The van der Waals surface area contributed by atoms with Crippen LogP contribution in [0.15, 0.2) is 5.38 Å². The van der Waals surface area contributed by atoms with Gasteiger partial charge in [-0.25, -0.2) is 0 Å². The summed E-state index contributed by atoms with van der Waals surface area (Å²) in [6, 6.07) is 0. The average Bonchev–Trinajstić information content (AvgIpc) is 2.40. The quantitative estimate of drug-likeness (QED) is 0.680. The average molecular weight is 169 g/mol. The van der Waals surface area contributed by atoms with Gasteiger partial charge in [0, 0.05) is 11.8 Å². The van der Waals surface area contributed by atoms with Gasteiger partial charge in [-0.1, -0.05) is 0 Å². The molecular formula is C7H7NO2S. The molecule has 3 nitrogen and oxygen atoms in total. The number of carboxylic acids is 1. The molecule has 0 bridgehead atoms. The fourth-order valence-corrected chi connectivity index (χ4v) is 2.09. The van der Waals surface area contributed by atoms with E-state index in [2.05, 4.69) is 4.37 Å². The summed E-state index contributed by atoms with van der Waals surface area (Å²) in [5.74, 6) is -0.922. The number of hydrogen-bond acceptors (Lipinski definition) is 3. The van der Waals surface area contributed by atoms with Crippen LogP contribution in [0.4, 0.5) is 0 Å². The Kier molecular flexibility index (Phi) is 1.42. The number of aromatic nitrogens is 1. The van der Waals surface area contributed by atoms with Crippen molar-refractivity contribution in [3.63, 3.8) is 0 Å². The van der Waals surface area contributed by atoms with Gasteiger partial charge in [0.05, 0.1) is 11.6 Å². The van der Waals surface area contributed by atoms with Gasteiger partial charge in [0.25, 0.3) is 0 Å². The second-order valence-electron chi connectivity index (χ2n) is 2.73. The smallest absolute Gasteiger partial charge is 0.307 e. The number of nitrogens with zero attached hydrogens (tertiary/aromatic N) is 1. The molecule has 1 N–H and O–H groups in total. The van der Waals surface area contributed by atoms with E-state index in [-0.39, 0.29) is 5.92 Å². The highest BCUT2D eigenvalue weighted by Crippen LogP contribution is 2.26. The largest absolute Gasteiger partial charge is 0.481 e. The molecule has 0 amide bonds. The molecule has 0 saturated carbocycles. The number of hydrogen-bond donors (Lipinski definition) is 1. The molecule has 58 valence electrons. The molecule has 0 fully saturated rings. The van der Waals surface area contributed by atoms with Crippen molar-refractivity contribution in [2.45, 2.75) is 12.8 Å². The number of aliphatic carboxylic acids is 1. The topological polar surface area (TPSA) is 50.2 Å². The monoisotopic (exact) mass is 169 g/mol. The molecule has 1 aromatic heterocycles. The first-order valence-corrected chi connectivity index (χ1v) is 4.26. The summed E-state index contributed by atoms with van der Waals surface area (Å²) in [5, 5.41) is 10.6. The highest BCUT2D eigenvalue weighted by Gasteiger charge is 2.28. The summed E-state index contributed by atoms with van der Waals surface area (Å²) in [7, 11) is 0. The third-order valence-electron chi connectivity index (χ3n) is 1.98. The van der Waals surface area contributed by atoms with E-state index in [4.69, 9.17) is 5.11 Å². The van der Waals surface area contributed by atoms with Crippen LogP contribution in [0.2, 0.25) is 0 Å². The summed E-state index contributed by atoms with van der Waals surface area (Å²) >= 11 is 1.41. The van der Waals surface area contributed by atoms with Crippen LogP contribution in [0.1, 0.15) is 11.3 Å². The van der Waals surface area contributed by atoms with Crippen molar-refractivity contribution in [3.05, 3.63) is 16.6 Å². The van der Waals surface area contributed by atoms with Crippen molar-refractivity contribution in [1.29, 1.82) is 0 Å². The van der Waals surface area contributed by atoms with E-state index in [0.29, 0.717) is 12.8 Å². The molecule has 0 aromatic carbocycles. The van der Waals surface area contributed by atoms with E-state index in [9.17, 15) is 4.79 Å². The van der Waals surface area contributed by atoms with E-state index in [1.807, 2.05) is 5.38 Å². The Bertz CT molecular complexity index is 274. The van der Waals surface area contributed by atoms with Crippen LogP contribution >= 0.6 is 11.5 Å². The van der Waals surface area contributed by atoms with Crippen molar-refractivity contribution in [2.75, 3.05) is 0 Å². The zero-order valence-electron chi connectivity index (χ0n) is 5.78. The van der Waals surface area contributed by atoms with E-state index in [1.54, 1.807) is 0 Å². The van der Waals surface area contributed by atoms with Crippen molar-refractivity contribution in [3.8, 4) is 0 Å². The molecule has 1 aliphatic carbocycles. The second kappa shape index (κ2) is 2.30. The van der Waals surface area contributed by atoms with Crippen LogP contribution in [0.25, 0.3) is 0 Å². The van der Waals surface area contributed by atoms with Crippen LogP contribution < -0.4 is 0 Å². The zero-order valence-corrected chi connectivity index (χ0v) is 6.60. The molecule has 2 rings (SSSR count). The van der Waals surface area contributed by atoms with Gasteiger partial charge >= 0.3 is 5.97 Å². The maximum atomic E-state index is 10.5. The van der Waals surface area contributed by atoms with Gasteiger partial charge in [-0.3, -0.25) is 4.79 Å². The summed E-state index contributed by atoms with van der Waals surface area (Å²) in [4.78, 5) is 10.5. The normalized spacial score (nSPS) is 21.6. The third kappa shape index (κ3) is 1.03. The molecule has 1 atom stereocenters. The van der Waals surface area contributed by atoms with Crippen LogP contribution in [-0.2, 0) is 17.6 Å². The molecule has 1 heterocycles. The summed E-state index contributed by atoms with van der Waals surface area (Å²) in [6.45, 7) is 0. The zero-order chi connectivity index (χ0) is 7.84. The number of fused-ring (bicyclic) bond motifs is 1. The summed E-state index contributed by atoms with van der Waals surface area (Å²) in [5.41, 5.74) is 2.12. The minimum atomic E-state index is -0.701. The predicted octanol–water partition coefficient (Wildman–Crippen LogP) is 0.943. The highest BCUT2D eigenvalue weighted by atomic mass is 32.1. The fourth-order valence-electron chi connectivity index (χ4n) is 1.36. The van der Waals surface area contributed by atoms with Crippen LogP contribution in [0.3, 0.4) is 0 Å². The first-order chi connectivity index (χ1) is 5.27. The Labute approximate surface area is 67.8 Å². The van der Waals surface area contributed by atoms with Crippen LogP contribution in [0.5, 0.6) is 0 Å². The summed E-state index contributed by atoms with van der Waals surface area (Å²) in [6.07, 6.45) is 1.29. The SMILES string of the molecule is O=C(O)C1Cc2csnc2C1. The van der Waals surface area contributed by atoms with E-state index in [0.717, 1.165) is 11.3 Å². The molecule has 0 aliphatic heterocycles. The fraction of sp³-hybridized carbons (Fsp3) is 0.429. The lowest BCUT2D eigenvalue weighted by atomic mass is 10.1. The summed E-state index contributed by atoms with van der Waals surface area (Å²) < 4.78 is 4.11. The number of carbonyl (C=O) groups is 1. The van der Waals surface area contributed by atoms with E-state index >= 15 is 0 Å². The van der Waals surface area contributed by atoms with E-state index < -0.39 is 5.97 Å². The van der Waals surface area contributed by atoms with Crippen molar-refractivity contribution < 1.29 is 9.90 Å². The maximum absolute atomic E-state index is 10.5.